The van der Waals surface area contributed by atoms with Gasteiger partial charge in [-0.2, -0.15) is 0 Å². The minimum atomic E-state index is -3.29. The van der Waals surface area contributed by atoms with Gasteiger partial charge in [0.05, 0.1) is 0 Å². The molecule has 0 N–H and O–H groups in total. The van der Waals surface area contributed by atoms with Crippen LogP contribution in [0.4, 0.5) is 0 Å². The fourth-order valence-corrected chi connectivity index (χ4v) is 0.510. The van der Waals surface area contributed by atoms with E-state index in [1.54, 1.807) is 0 Å². The summed E-state index contributed by atoms with van der Waals surface area (Å²) in [6, 6.07) is 0. The summed E-state index contributed by atoms with van der Waals surface area (Å²) in [6.45, 7) is 2.00. The predicted molar refractivity (Wildman–Crippen MR) is 43.5 cm³/mol. The van der Waals surface area contributed by atoms with E-state index in [0.717, 1.165) is 13.2 Å². The van der Waals surface area contributed by atoms with Crippen molar-refractivity contribution in [3.8, 4) is 0 Å². The van der Waals surface area contributed by atoms with E-state index in [4.69, 9.17) is 38.8 Å². The summed E-state index contributed by atoms with van der Waals surface area (Å²) in [7, 11) is 20.1. The number of ether oxygens (including phenoxy) is 1. The molecule has 0 atom stereocenters. The Bertz CT molecular complexity index is 66.2. The Labute approximate surface area is 79.5 Å². The summed E-state index contributed by atoms with van der Waals surface area (Å²) < 4.78 is 4.94. The van der Waals surface area contributed by atoms with E-state index in [-0.39, 0.29) is 0 Å². The van der Waals surface area contributed by atoms with E-state index >= 15 is 0 Å². The van der Waals surface area contributed by atoms with E-state index in [0.29, 0.717) is 0 Å². The van der Waals surface area contributed by atoms with Gasteiger partial charge in [0.15, 0.2) is 0 Å². The SMILES string of the molecule is C1CCOC1.[Cl][2Zr]([Cl])([Cl])[Cl]. The molecule has 0 aromatic heterocycles. The molecule has 1 rings (SSSR count). The predicted octanol–water partition coefficient (Wildman–Crippen LogP) is 3.55. The first-order chi connectivity index (χ1) is 4.50. The van der Waals surface area contributed by atoms with Crippen molar-refractivity contribution in [1.29, 1.82) is 0 Å². The molecule has 1 aliphatic heterocycles. The maximum absolute atomic E-state index is 5.04. The summed E-state index contributed by atoms with van der Waals surface area (Å²) in [5.74, 6) is 0. The van der Waals surface area contributed by atoms with Gasteiger partial charge in [-0.3, -0.25) is 0 Å². The van der Waals surface area contributed by atoms with Gasteiger partial charge >= 0.3 is 49.5 Å². The summed E-state index contributed by atoms with van der Waals surface area (Å²) in [4.78, 5) is 0. The normalized spacial score (nSPS) is 18.0. The molecule has 0 aliphatic carbocycles. The zero-order valence-corrected chi connectivity index (χ0v) is 10.7. The minimum absolute atomic E-state index is 1.00. The summed E-state index contributed by atoms with van der Waals surface area (Å²) in [6.07, 6.45) is 2.56. The molecule has 0 saturated carbocycles. The van der Waals surface area contributed by atoms with E-state index < -0.39 is 15.5 Å². The zero-order valence-electron chi connectivity index (χ0n) is 5.25. The molecule has 1 nitrogen and oxygen atoms in total. The molecule has 62 valence electrons. The van der Waals surface area contributed by atoms with Gasteiger partial charge in [0.1, 0.15) is 0 Å². The van der Waals surface area contributed by atoms with Crippen LogP contribution in [0.15, 0.2) is 0 Å². The Balaban J connectivity index is 0.000000162. The van der Waals surface area contributed by atoms with E-state index in [1.165, 1.54) is 12.8 Å². The quantitative estimate of drug-likeness (QED) is 0.601. The Morgan fingerprint density at radius 1 is 0.900 bits per heavy atom. The van der Waals surface area contributed by atoms with Gasteiger partial charge in [0.2, 0.25) is 0 Å². The molecule has 0 amide bonds. The van der Waals surface area contributed by atoms with Crippen LogP contribution in [0.2, 0.25) is 0 Å². The van der Waals surface area contributed by atoms with Gasteiger partial charge in [0.25, 0.3) is 0 Å². The van der Waals surface area contributed by atoms with Gasteiger partial charge in [-0.25, -0.2) is 0 Å². The van der Waals surface area contributed by atoms with E-state index in [1.807, 2.05) is 0 Å². The van der Waals surface area contributed by atoms with Crippen LogP contribution in [-0.4, -0.2) is 13.2 Å². The Hall–Kier alpha value is 2.00. The number of halogens is 4. The first kappa shape index (κ1) is 12.0. The Morgan fingerprint density at radius 3 is 1.30 bits per heavy atom. The third-order valence-corrected chi connectivity index (χ3v) is 0.827. The summed E-state index contributed by atoms with van der Waals surface area (Å²) >= 11 is -3.29. The van der Waals surface area contributed by atoms with Gasteiger partial charge < -0.3 is 4.74 Å². The molecule has 0 aromatic rings. The first-order valence-corrected chi connectivity index (χ1v) is 15.5. The van der Waals surface area contributed by atoms with Crippen LogP contribution in [0, 0.1) is 0 Å². The van der Waals surface area contributed by atoms with Crippen LogP contribution in [-0.2, 0) is 20.2 Å². The van der Waals surface area contributed by atoms with Crippen molar-refractivity contribution in [2.45, 2.75) is 12.8 Å². The van der Waals surface area contributed by atoms with Gasteiger partial charge in [-0.15, -0.1) is 0 Å². The van der Waals surface area contributed by atoms with Crippen molar-refractivity contribution in [3.63, 3.8) is 0 Å². The molecular formula is C4H8Cl4OZr. The molecule has 0 aromatic carbocycles. The molecule has 1 fully saturated rings. The standard InChI is InChI=1S/C4H8O.4ClH.Zr/c1-2-4-5-3-1;;;;;/h1-4H2;4*1H;/q;;;;;+4/p-4/i;;;;;1-89. The van der Waals surface area contributed by atoms with Crippen LogP contribution in [0.1, 0.15) is 12.8 Å². The Kier molecular flexibility index (Phi) is 7.82. The molecule has 6 heteroatoms. The second-order valence-electron chi connectivity index (χ2n) is 1.75. The summed E-state index contributed by atoms with van der Waals surface area (Å²) in [5, 5.41) is 0. The number of hydrogen-bond donors (Lipinski definition) is 0. The van der Waals surface area contributed by atoms with E-state index in [9.17, 15) is 0 Å². The molecule has 1 saturated heterocycles. The second-order valence-corrected chi connectivity index (χ2v) is 24.1. The van der Waals surface area contributed by atoms with Crippen LogP contribution >= 0.6 is 34.1 Å². The zero-order chi connectivity index (χ0) is 8.04. The number of hydrogen-bond acceptors (Lipinski definition) is 1. The average Bonchev–Trinajstić information content (AvgIpc) is 2.07. The topological polar surface area (TPSA) is 9.23 Å². The molecule has 0 unspecified atom stereocenters. The fraction of sp³-hybridized carbons (Fsp3) is 1.00. The molecule has 10 heavy (non-hydrogen) atoms. The van der Waals surface area contributed by atoms with Crippen molar-refractivity contribution in [3.05, 3.63) is 0 Å². The monoisotopic (exact) mass is 214 g/mol. The molecule has 0 spiro atoms. The average molecular weight is 216 g/mol. The molecule has 0 radical (unpaired) electrons. The van der Waals surface area contributed by atoms with Crippen molar-refractivity contribution < 1.29 is 20.2 Å². The molecule has 0 bridgehead atoms. The van der Waals surface area contributed by atoms with Crippen LogP contribution in [0.5, 0.6) is 0 Å². The maximum atomic E-state index is 5.04. The van der Waals surface area contributed by atoms with Gasteiger partial charge in [0, 0.05) is 13.2 Å². The fourth-order valence-electron chi connectivity index (χ4n) is 0.510. The van der Waals surface area contributed by atoms with Crippen LogP contribution in [0.3, 0.4) is 0 Å². The van der Waals surface area contributed by atoms with E-state index in [2.05, 4.69) is 0 Å². The molecule has 1 heterocycles. The van der Waals surface area contributed by atoms with Crippen molar-refractivity contribution in [1.82, 2.24) is 0 Å². The first-order valence-electron chi connectivity index (χ1n) is 2.83. The third-order valence-electron chi connectivity index (χ3n) is 0.827. The molecular weight excluding hydrogens is 208 g/mol. The van der Waals surface area contributed by atoms with Crippen molar-refractivity contribution in [2.75, 3.05) is 13.2 Å². The van der Waals surface area contributed by atoms with Crippen LogP contribution in [0.25, 0.3) is 0 Å². The second kappa shape index (κ2) is 6.51. The third kappa shape index (κ3) is 16.5. The van der Waals surface area contributed by atoms with Gasteiger partial charge in [-0.1, -0.05) is 0 Å². The number of rotatable bonds is 0. The molecule has 1 aliphatic rings. The van der Waals surface area contributed by atoms with Crippen molar-refractivity contribution in [2.24, 2.45) is 0 Å². The van der Waals surface area contributed by atoms with Crippen molar-refractivity contribution >= 4 is 34.1 Å². The summed E-state index contributed by atoms with van der Waals surface area (Å²) in [5.41, 5.74) is 0. The van der Waals surface area contributed by atoms with Crippen LogP contribution < -0.4 is 0 Å². The Morgan fingerprint density at radius 2 is 1.20 bits per heavy atom. The van der Waals surface area contributed by atoms with Gasteiger partial charge in [-0.05, 0) is 12.8 Å².